The van der Waals surface area contributed by atoms with Crippen molar-refractivity contribution in [1.82, 2.24) is 9.88 Å². The molecule has 0 spiro atoms. The summed E-state index contributed by atoms with van der Waals surface area (Å²) in [6.07, 6.45) is -3.66. The molecule has 0 atom stereocenters. The summed E-state index contributed by atoms with van der Waals surface area (Å²) in [7, 11) is 0. The van der Waals surface area contributed by atoms with Crippen LogP contribution in [0.1, 0.15) is 31.0 Å². The summed E-state index contributed by atoms with van der Waals surface area (Å²) in [5.74, 6) is 0. The van der Waals surface area contributed by atoms with E-state index >= 15 is 0 Å². The molecule has 1 aromatic heterocycles. The molecule has 0 bridgehead atoms. The van der Waals surface area contributed by atoms with Crippen molar-refractivity contribution in [3.05, 3.63) is 28.5 Å². The zero-order chi connectivity index (χ0) is 15.0. The molecule has 0 aliphatic carbocycles. The quantitative estimate of drug-likeness (QED) is 0.853. The van der Waals surface area contributed by atoms with Crippen molar-refractivity contribution < 1.29 is 18.3 Å². The molecule has 1 aliphatic heterocycles. The minimum absolute atomic E-state index is 0.271. The Hall–Kier alpha value is -0.850. The zero-order valence-corrected chi connectivity index (χ0v) is 11.8. The van der Waals surface area contributed by atoms with E-state index in [1.807, 2.05) is 6.92 Å². The highest BCUT2D eigenvalue weighted by atomic mass is 35.5. The third-order valence-corrected chi connectivity index (χ3v) is 4.06. The Bertz CT molecular complexity index is 485. The van der Waals surface area contributed by atoms with Gasteiger partial charge in [-0.15, -0.1) is 0 Å². The fraction of sp³-hybridized carbons (Fsp3) is 0.615. The van der Waals surface area contributed by atoms with Gasteiger partial charge in [0.1, 0.15) is 10.8 Å². The first-order chi connectivity index (χ1) is 9.26. The summed E-state index contributed by atoms with van der Waals surface area (Å²) in [5.41, 5.74) is -1.95. The summed E-state index contributed by atoms with van der Waals surface area (Å²) in [5, 5.41) is 10.3. The second kappa shape index (κ2) is 5.50. The van der Waals surface area contributed by atoms with Crippen molar-refractivity contribution in [2.45, 2.75) is 31.5 Å². The fourth-order valence-corrected chi connectivity index (χ4v) is 2.78. The van der Waals surface area contributed by atoms with E-state index in [4.69, 9.17) is 11.6 Å². The third-order valence-electron chi connectivity index (χ3n) is 3.77. The highest BCUT2D eigenvalue weighted by Gasteiger charge is 2.38. The molecule has 2 heterocycles. The van der Waals surface area contributed by atoms with E-state index < -0.39 is 17.5 Å². The van der Waals surface area contributed by atoms with Crippen LogP contribution in [0, 0.1) is 0 Å². The van der Waals surface area contributed by atoms with Crippen molar-refractivity contribution >= 4 is 11.6 Å². The predicted octanol–water partition coefficient (Wildman–Crippen LogP) is 3.06. The van der Waals surface area contributed by atoms with Gasteiger partial charge in [0.05, 0.1) is 5.60 Å². The molecule has 7 heteroatoms. The molecule has 0 saturated carbocycles. The van der Waals surface area contributed by atoms with Gasteiger partial charge < -0.3 is 10.0 Å². The van der Waals surface area contributed by atoms with E-state index in [9.17, 15) is 18.3 Å². The monoisotopic (exact) mass is 308 g/mol. The van der Waals surface area contributed by atoms with Gasteiger partial charge in [-0.3, -0.25) is 0 Å². The molecular formula is C13H16ClF3N2O. The van der Waals surface area contributed by atoms with Crippen LogP contribution in [-0.2, 0) is 11.8 Å². The van der Waals surface area contributed by atoms with Crippen LogP contribution in [0.25, 0.3) is 0 Å². The summed E-state index contributed by atoms with van der Waals surface area (Å²) < 4.78 is 37.6. The highest BCUT2D eigenvalue weighted by molar-refractivity contribution is 6.30. The van der Waals surface area contributed by atoms with Crippen molar-refractivity contribution in [2.75, 3.05) is 19.6 Å². The molecule has 1 aliphatic rings. The van der Waals surface area contributed by atoms with Crippen molar-refractivity contribution in [1.29, 1.82) is 0 Å². The van der Waals surface area contributed by atoms with Gasteiger partial charge in [-0.2, -0.15) is 13.2 Å². The standard InChI is InChI=1S/C13H16ClF3N2O/c1-2-19-7-5-12(20,6-8-19)9-3-4-10(13(15,16)17)18-11(9)14/h3-4,20H,2,5-8H2,1H3. The SMILES string of the molecule is CCN1CCC(O)(c2ccc(C(F)(F)F)nc2Cl)CC1. The molecule has 0 unspecified atom stereocenters. The molecule has 2 rings (SSSR count). The number of alkyl halides is 3. The zero-order valence-electron chi connectivity index (χ0n) is 11.0. The average Bonchev–Trinajstić information content (AvgIpc) is 2.38. The van der Waals surface area contributed by atoms with Crippen molar-refractivity contribution in [3.63, 3.8) is 0 Å². The Kier molecular flexibility index (Phi) is 4.27. The summed E-state index contributed by atoms with van der Waals surface area (Å²) >= 11 is 5.84. The van der Waals surface area contributed by atoms with Crippen molar-refractivity contribution in [3.8, 4) is 0 Å². The number of likely N-dealkylation sites (tertiary alicyclic amines) is 1. The summed E-state index contributed by atoms with van der Waals surface area (Å²) in [6.45, 7) is 4.28. The van der Waals surface area contributed by atoms with Gasteiger partial charge >= 0.3 is 6.18 Å². The smallest absolute Gasteiger partial charge is 0.385 e. The van der Waals surface area contributed by atoms with Crippen LogP contribution in [0.3, 0.4) is 0 Å². The Balaban J connectivity index is 2.25. The number of rotatable bonds is 2. The van der Waals surface area contributed by atoms with E-state index in [1.165, 1.54) is 6.07 Å². The maximum absolute atomic E-state index is 12.5. The van der Waals surface area contributed by atoms with Gasteiger partial charge in [-0.25, -0.2) is 4.98 Å². The van der Waals surface area contributed by atoms with Gasteiger partial charge in [0, 0.05) is 18.7 Å². The van der Waals surface area contributed by atoms with Gasteiger partial charge in [0.2, 0.25) is 0 Å². The lowest BCUT2D eigenvalue weighted by molar-refractivity contribution is -0.141. The fourth-order valence-electron chi connectivity index (χ4n) is 2.45. The first-order valence-electron chi connectivity index (χ1n) is 6.45. The Labute approximate surface area is 120 Å². The van der Waals surface area contributed by atoms with Crippen LogP contribution < -0.4 is 0 Å². The molecule has 0 amide bonds. The van der Waals surface area contributed by atoms with E-state index in [0.29, 0.717) is 25.9 Å². The number of hydrogen-bond donors (Lipinski definition) is 1. The molecule has 1 saturated heterocycles. The first-order valence-corrected chi connectivity index (χ1v) is 6.83. The normalized spacial score (nSPS) is 20.1. The lowest BCUT2D eigenvalue weighted by atomic mass is 9.85. The van der Waals surface area contributed by atoms with Crippen molar-refractivity contribution in [2.24, 2.45) is 0 Å². The second-order valence-corrected chi connectivity index (χ2v) is 5.36. The van der Waals surface area contributed by atoms with E-state index in [0.717, 1.165) is 12.6 Å². The van der Waals surface area contributed by atoms with Crippen LogP contribution in [-0.4, -0.2) is 34.6 Å². The Morgan fingerprint density at radius 1 is 1.35 bits per heavy atom. The second-order valence-electron chi connectivity index (χ2n) is 5.00. The molecule has 1 N–H and O–H groups in total. The lowest BCUT2D eigenvalue weighted by Crippen LogP contribution is -2.42. The first kappa shape index (κ1) is 15.5. The Morgan fingerprint density at radius 3 is 2.40 bits per heavy atom. The topological polar surface area (TPSA) is 36.4 Å². The summed E-state index contributed by atoms with van der Waals surface area (Å²) in [4.78, 5) is 5.54. The number of nitrogens with zero attached hydrogens (tertiary/aromatic N) is 2. The number of piperidine rings is 1. The molecular weight excluding hydrogens is 293 g/mol. The highest BCUT2D eigenvalue weighted by Crippen LogP contribution is 2.38. The number of halogens is 4. The number of aliphatic hydroxyl groups is 1. The number of aromatic nitrogens is 1. The predicted molar refractivity (Wildman–Crippen MR) is 69.5 cm³/mol. The van der Waals surface area contributed by atoms with Crippen LogP contribution in [0.15, 0.2) is 12.1 Å². The van der Waals surface area contributed by atoms with Crippen LogP contribution in [0.4, 0.5) is 13.2 Å². The van der Waals surface area contributed by atoms with E-state index in [2.05, 4.69) is 9.88 Å². The Morgan fingerprint density at radius 2 is 1.95 bits per heavy atom. The minimum Gasteiger partial charge on any atom is -0.385 e. The summed E-state index contributed by atoms with van der Waals surface area (Å²) in [6, 6.07) is 2.10. The molecule has 0 aromatic carbocycles. The lowest BCUT2D eigenvalue weighted by Gasteiger charge is -2.38. The minimum atomic E-state index is -4.53. The van der Waals surface area contributed by atoms with Crippen LogP contribution in [0.5, 0.6) is 0 Å². The molecule has 20 heavy (non-hydrogen) atoms. The largest absolute Gasteiger partial charge is 0.433 e. The number of pyridine rings is 1. The van der Waals surface area contributed by atoms with E-state index in [-0.39, 0.29) is 10.7 Å². The number of hydrogen-bond acceptors (Lipinski definition) is 3. The maximum atomic E-state index is 12.5. The van der Waals surface area contributed by atoms with E-state index in [1.54, 1.807) is 0 Å². The maximum Gasteiger partial charge on any atom is 0.433 e. The third kappa shape index (κ3) is 3.07. The molecule has 3 nitrogen and oxygen atoms in total. The molecule has 0 radical (unpaired) electrons. The molecule has 1 aromatic rings. The van der Waals surface area contributed by atoms with Gasteiger partial charge in [0.15, 0.2) is 0 Å². The van der Waals surface area contributed by atoms with Gasteiger partial charge in [-0.1, -0.05) is 24.6 Å². The van der Waals surface area contributed by atoms with Gasteiger partial charge in [0.25, 0.3) is 0 Å². The molecule has 112 valence electrons. The molecule has 1 fully saturated rings. The van der Waals surface area contributed by atoms with Crippen LogP contribution in [0.2, 0.25) is 5.15 Å². The van der Waals surface area contributed by atoms with Gasteiger partial charge in [-0.05, 0) is 25.5 Å². The van der Waals surface area contributed by atoms with Crippen LogP contribution >= 0.6 is 11.6 Å². The average molecular weight is 309 g/mol.